The van der Waals surface area contributed by atoms with E-state index in [-0.39, 0.29) is 18.1 Å². The minimum Gasteiger partial charge on any atom is -0.380 e. The molecule has 0 atom stereocenters. The third kappa shape index (κ3) is 27.8. The Hall–Kier alpha value is -0.460. The molecule has 204 valence electrons. The maximum Gasteiger partial charge on any atom is 0.247 e. The second kappa shape index (κ2) is 24.2. The third-order valence-electron chi connectivity index (χ3n) is 4.65. The molecule has 0 bridgehead atoms. The van der Waals surface area contributed by atoms with Gasteiger partial charge in [0.25, 0.3) is 0 Å². The lowest BCUT2D eigenvalue weighted by Crippen LogP contribution is -2.36. The van der Waals surface area contributed by atoms with Crippen LogP contribution in [-0.2, 0) is 23.2 Å². The first-order chi connectivity index (χ1) is 16.3. The minimum absolute atomic E-state index is 0.0614. The third-order valence-corrected chi connectivity index (χ3v) is 5.28. The number of hydrogen-bond donors (Lipinski definition) is 3. The van der Waals surface area contributed by atoms with Gasteiger partial charge in [0.2, 0.25) is 5.91 Å². The molecule has 3 N–H and O–H groups in total. The number of hydrogen-bond acceptors (Lipinski definition) is 9. The van der Waals surface area contributed by atoms with Gasteiger partial charge in [0, 0.05) is 57.8 Å². The Morgan fingerprint density at radius 1 is 0.853 bits per heavy atom. The maximum atomic E-state index is 11.8. The molecule has 0 aliphatic carbocycles. The van der Waals surface area contributed by atoms with Crippen LogP contribution in [0.2, 0.25) is 0 Å². The van der Waals surface area contributed by atoms with Gasteiger partial charge in [0.1, 0.15) is 6.61 Å². The highest BCUT2D eigenvalue weighted by molar-refractivity contribution is 7.94. The van der Waals surface area contributed by atoms with Crippen molar-refractivity contribution in [1.29, 1.82) is 0 Å². The van der Waals surface area contributed by atoms with Gasteiger partial charge < -0.3 is 29.0 Å². The Morgan fingerprint density at radius 3 is 2.26 bits per heavy atom. The Labute approximate surface area is 212 Å². The number of nitrogens with one attached hydrogen (secondary N) is 3. The predicted octanol–water partition coefficient (Wildman–Crippen LogP) is 2.61. The number of hydrazine groups is 1. The van der Waals surface area contributed by atoms with E-state index >= 15 is 0 Å². The van der Waals surface area contributed by atoms with Crippen molar-refractivity contribution >= 4 is 17.9 Å². The zero-order valence-corrected chi connectivity index (χ0v) is 23.2. The summed E-state index contributed by atoms with van der Waals surface area (Å²) in [5.74, 6) is 0.672. The summed E-state index contributed by atoms with van der Waals surface area (Å²) in [5.41, 5.74) is 3.53. The molecule has 0 saturated heterocycles. The molecule has 0 saturated carbocycles. The summed E-state index contributed by atoms with van der Waals surface area (Å²) in [6.07, 6.45) is 5.44. The van der Waals surface area contributed by atoms with E-state index in [2.05, 4.69) is 36.8 Å². The molecule has 9 nitrogen and oxygen atoms in total. The molecular formula is C24H52N4O5S. The molecule has 0 spiro atoms. The van der Waals surface area contributed by atoms with Crippen LogP contribution in [0.25, 0.3) is 0 Å². The molecule has 0 fully saturated rings. The minimum atomic E-state index is -0.112. The average molecular weight is 509 g/mol. The largest absolute Gasteiger partial charge is 0.380 e. The molecule has 0 aliphatic rings. The van der Waals surface area contributed by atoms with Crippen LogP contribution in [0.4, 0.5) is 0 Å². The molecule has 34 heavy (non-hydrogen) atoms. The van der Waals surface area contributed by atoms with Gasteiger partial charge >= 0.3 is 0 Å². The fraction of sp³-hybridized carbons (Fsp3) is 0.958. The van der Waals surface area contributed by atoms with Crippen LogP contribution >= 0.6 is 12.0 Å². The molecule has 1 amide bonds. The highest BCUT2D eigenvalue weighted by Gasteiger charge is 2.07. The van der Waals surface area contributed by atoms with Crippen LogP contribution < -0.4 is 16.1 Å². The van der Waals surface area contributed by atoms with Crippen LogP contribution in [-0.4, -0.2) is 102 Å². The quantitative estimate of drug-likeness (QED) is 0.0977. The van der Waals surface area contributed by atoms with E-state index < -0.39 is 0 Å². The number of amides is 1. The normalized spacial score (nSPS) is 11.9. The van der Waals surface area contributed by atoms with Crippen molar-refractivity contribution in [1.82, 2.24) is 21.1 Å². The summed E-state index contributed by atoms with van der Waals surface area (Å²) in [5, 5.41) is 8.34. The van der Waals surface area contributed by atoms with E-state index in [4.69, 9.17) is 18.4 Å². The summed E-state index contributed by atoms with van der Waals surface area (Å²) < 4.78 is 21.7. The van der Waals surface area contributed by atoms with Gasteiger partial charge in [-0.2, -0.15) is 0 Å². The van der Waals surface area contributed by atoms with Crippen LogP contribution in [0.1, 0.15) is 59.8 Å². The molecule has 0 aromatic carbocycles. The van der Waals surface area contributed by atoms with E-state index in [1.165, 1.54) is 12.0 Å². The topological polar surface area (TPSA) is 93.3 Å². The second-order valence-corrected chi connectivity index (χ2v) is 10.0. The first-order valence-electron chi connectivity index (χ1n) is 12.8. The SMILES string of the molecule is CCOCCOCCCCNN(C)CCSOCC(=O)NCCOCCCCCNC(C)(C)C. The maximum absolute atomic E-state index is 11.8. The van der Waals surface area contributed by atoms with Crippen molar-refractivity contribution in [3.05, 3.63) is 0 Å². The van der Waals surface area contributed by atoms with Crippen molar-refractivity contribution in [2.45, 2.75) is 65.3 Å². The standard InChI is InChI=1S/C24H52N4O5S/c1-6-30-19-20-32-17-11-9-13-27-28(5)15-21-34-33-22-23(29)25-14-18-31-16-10-7-8-12-26-24(2,3)4/h26-27H,6-22H2,1-5H3,(H,25,29). The number of ether oxygens (including phenoxy) is 3. The Kier molecular flexibility index (Phi) is 23.9. The monoisotopic (exact) mass is 508 g/mol. The van der Waals surface area contributed by atoms with E-state index in [9.17, 15) is 4.79 Å². The van der Waals surface area contributed by atoms with Gasteiger partial charge in [-0.1, -0.05) is 0 Å². The second-order valence-electron chi connectivity index (χ2n) is 9.13. The van der Waals surface area contributed by atoms with E-state index in [1.807, 2.05) is 19.0 Å². The van der Waals surface area contributed by atoms with Crippen LogP contribution in [0.5, 0.6) is 0 Å². The van der Waals surface area contributed by atoms with Crippen molar-refractivity contribution in [2.75, 3.05) is 85.2 Å². The number of rotatable bonds is 25. The van der Waals surface area contributed by atoms with Crippen LogP contribution in [0.3, 0.4) is 0 Å². The molecule has 0 aromatic heterocycles. The Morgan fingerprint density at radius 2 is 1.53 bits per heavy atom. The highest BCUT2D eigenvalue weighted by Crippen LogP contribution is 2.02. The van der Waals surface area contributed by atoms with Gasteiger partial charge in [-0.15, -0.1) is 0 Å². The highest BCUT2D eigenvalue weighted by atomic mass is 32.2. The van der Waals surface area contributed by atoms with Crippen molar-refractivity contribution in [3.63, 3.8) is 0 Å². The summed E-state index contributed by atoms with van der Waals surface area (Å²) >= 11 is 1.31. The molecule has 0 radical (unpaired) electrons. The molecule has 0 unspecified atom stereocenters. The smallest absolute Gasteiger partial charge is 0.247 e. The molecule has 0 heterocycles. The average Bonchev–Trinajstić information content (AvgIpc) is 2.78. The van der Waals surface area contributed by atoms with E-state index in [0.717, 1.165) is 77.3 Å². The molecule has 0 aliphatic heterocycles. The summed E-state index contributed by atoms with van der Waals surface area (Å²) in [6.45, 7) is 16.0. The van der Waals surface area contributed by atoms with E-state index in [1.54, 1.807) is 0 Å². The summed E-state index contributed by atoms with van der Waals surface area (Å²) in [7, 11) is 2.01. The lowest BCUT2D eigenvalue weighted by molar-refractivity contribution is -0.123. The Balaban J connectivity index is 3.31. The van der Waals surface area contributed by atoms with Crippen molar-refractivity contribution in [2.24, 2.45) is 0 Å². The zero-order valence-electron chi connectivity index (χ0n) is 22.4. The first kappa shape index (κ1) is 33.5. The molecular weight excluding hydrogens is 456 g/mol. The van der Waals surface area contributed by atoms with Gasteiger partial charge in [-0.25, -0.2) is 5.01 Å². The summed E-state index contributed by atoms with van der Waals surface area (Å²) in [6, 6.07) is 0. The lowest BCUT2D eigenvalue weighted by atomic mass is 10.1. The van der Waals surface area contributed by atoms with Gasteiger partial charge in [-0.05, 0) is 78.4 Å². The number of carbonyl (C=O) groups excluding carboxylic acids is 1. The zero-order chi connectivity index (χ0) is 25.3. The fourth-order valence-electron chi connectivity index (χ4n) is 2.76. The predicted molar refractivity (Wildman–Crippen MR) is 141 cm³/mol. The molecule has 0 aromatic rings. The van der Waals surface area contributed by atoms with Gasteiger partial charge in [0.15, 0.2) is 0 Å². The number of unbranched alkanes of at least 4 members (excludes halogenated alkanes) is 3. The molecule has 10 heteroatoms. The molecule has 0 rings (SSSR count). The Bertz CT molecular complexity index is 456. The van der Waals surface area contributed by atoms with Gasteiger partial charge in [0.05, 0.1) is 19.8 Å². The lowest BCUT2D eigenvalue weighted by Gasteiger charge is -2.20. The van der Waals surface area contributed by atoms with E-state index in [0.29, 0.717) is 26.4 Å². The summed E-state index contributed by atoms with van der Waals surface area (Å²) in [4.78, 5) is 11.8. The number of nitrogens with zero attached hydrogens (tertiary/aromatic N) is 1. The van der Waals surface area contributed by atoms with Crippen molar-refractivity contribution < 1.29 is 23.2 Å². The van der Waals surface area contributed by atoms with Crippen LogP contribution in [0, 0.1) is 0 Å². The van der Waals surface area contributed by atoms with Crippen molar-refractivity contribution in [3.8, 4) is 0 Å². The fourth-order valence-corrected chi connectivity index (χ4v) is 3.41. The number of carbonyl (C=O) groups is 1. The van der Waals surface area contributed by atoms with Gasteiger partial charge in [-0.3, -0.25) is 10.2 Å². The van der Waals surface area contributed by atoms with Crippen LogP contribution in [0.15, 0.2) is 0 Å². The first-order valence-corrected chi connectivity index (χ1v) is 13.7.